The summed E-state index contributed by atoms with van der Waals surface area (Å²) in [6, 6.07) is 0.345. The van der Waals surface area contributed by atoms with E-state index in [1.165, 1.54) is 6.42 Å². The quantitative estimate of drug-likeness (QED) is 0.578. The minimum absolute atomic E-state index is 0.345. The van der Waals surface area contributed by atoms with Crippen LogP contribution in [0.1, 0.15) is 41.0 Å². The van der Waals surface area contributed by atoms with E-state index in [1.807, 2.05) is 20.8 Å². The number of rotatable bonds is 3. The van der Waals surface area contributed by atoms with Crippen molar-refractivity contribution in [3.05, 3.63) is 0 Å². The number of nitrogens with zero attached hydrogens (tertiary/aromatic N) is 1. The van der Waals surface area contributed by atoms with Gasteiger partial charge in [-0.1, -0.05) is 20.3 Å². The topological polar surface area (TPSA) is 20.3 Å². The van der Waals surface area contributed by atoms with Gasteiger partial charge in [-0.2, -0.15) is 0 Å². The normalized spacial score (nSPS) is 8.55. The molecule has 0 fully saturated rings. The van der Waals surface area contributed by atoms with Crippen molar-refractivity contribution in [2.24, 2.45) is 0 Å². The van der Waals surface area contributed by atoms with Crippen LogP contribution < -0.4 is 0 Å². The van der Waals surface area contributed by atoms with Gasteiger partial charge in [0.25, 0.3) is 0 Å². The Labute approximate surface area is 70.6 Å². The lowest BCUT2D eigenvalue weighted by Crippen LogP contribution is -2.28. The molecule has 0 atom stereocenters. The van der Waals surface area contributed by atoms with Crippen LogP contribution in [0, 0.1) is 0 Å². The van der Waals surface area contributed by atoms with Crippen molar-refractivity contribution in [3.8, 4) is 0 Å². The van der Waals surface area contributed by atoms with E-state index < -0.39 is 0 Å². The van der Waals surface area contributed by atoms with Crippen LogP contribution in [0.3, 0.4) is 0 Å². The fraction of sp³-hybridized carbons (Fsp3) is 0.889. The maximum atomic E-state index is 10.1. The molecule has 0 aromatic rings. The predicted octanol–water partition coefficient (Wildman–Crippen LogP) is 2.29. The molecule has 0 bridgehead atoms. The van der Waals surface area contributed by atoms with Gasteiger partial charge < -0.3 is 4.90 Å². The molecule has 1 amide bonds. The van der Waals surface area contributed by atoms with Crippen LogP contribution in [0.5, 0.6) is 0 Å². The summed E-state index contributed by atoms with van der Waals surface area (Å²) in [6.45, 7) is 11.0. The Balaban J connectivity index is 0. The molecule has 2 nitrogen and oxygen atoms in total. The smallest absolute Gasteiger partial charge is 0.209 e. The molecule has 68 valence electrons. The molecule has 0 aliphatic heterocycles. The van der Waals surface area contributed by atoms with E-state index in [0.29, 0.717) is 6.04 Å². The van der Waals surface area contributed by atoms with E-state index in [1.54, 1.807) is 4.90 Å². The molecular formula is C9H21NO. The van der Waals surface area contributed by atoms with Crippen LogP contribution in [-0.2, 0) is 4.79 Å². The monoisotopic (exact) mass is 159 g/mol. The summed E-state index contributed by atoms with van der Waals surface area (Å²) < 4.78 is 0. The number of carbonyl (C=O) groups excluding carboxylic acids is 1. The molecule has 11 heavy (non-hydrogen) atoms. The van der Waals surface area contributed by atoms with Gasteiger partial charge in [0.05, 0.1) is 0 Å². The molecule has 2 heteroatoms. The first kappa shape index (κ1) is 13.1. The Morgan fingerprint density at radius 1 is 1.27 bits per heavy atom. The van der Waals surface area contributed by atoms with E-state index in [9.17, 15) is 4.79 Å². The zero-order valence-electron chi connectivity index (χ0n) is 8.42. The summed E-state index contributed by atoms with van der Waals surface area (Å²) in [4.78, 5) is 11.8. The van der Waals surface area contributed by atoms with Crippen molar-refractivity contribution in [1.82, 2.24) is 4.90 Å². The molecule has 0 aromatic carbocycles. The average Bonchev–Trinajstić information content (AvgIpc) is 1.91. The third-order valence-corrected chi connectivity index (χ3v) is 1.16. The lowest BCUT2D eigenvalue weighted by molar-refractivity contribution is -0.119. The van der Waals surface area contributed by atoms with Crippen molar-refractivity contribution in [1.29, 1.82) is 0 Å². The summed E-state index contributed by atoms with van der Waals surface area (Å²) in [6.07, 6.45) is 2.13. The van der Waals surface area contributed by atoms with Gasteiger partial charge in [0, 0.05) is 12.6 Å². The summed E-state index contributed by atoms with van der Waals surface area (Å²) in [5, 5.41) is 0. The average molecular weight is 159 g/mol. The van der Waals surface area contributed by atoms with Crippen LogP contribution in [-0.4, -0.2) is 23.9 Å². The zero-order valence-corrected chi connectivity index (χ0v) is 8.42. The zero-order chi connectivity index (χ0) is 9.28. The van der Waals surface area contributed by atoms with Crippen molar-refractivity contribution in [3.63, 3.8) is 0 Å². The van der Waals surface area contributed by atoms with E-state index in [4.69, 9.17) is 0 Å². The molecule has 0 aliphatic rings. The highest BCUT2D eigenvalue weighted by Crippen LogP contribution is 1.90. The lowest BCUT2D eigenvalue weighted by Gasteiger charge is -2.18. The first-order chi connectivity index (χ1) is 5.13. The van der Waals surface area contributed by atoms with Crippen LogP contribution >= 0.6 is 0 Å². The maximum absolute atomic E-state index is 10.1. The molecule has 0 saturated carbocycles. The first-order valence-corrected chi connectivity index (χ1v) is 4.34. The highest BCUT2D eigenvalue weighted by atomic mass is 16.1. The van der Waals surface area contributed by atoms with Gasteiger partial charge in [0.1, 0.15) is 0 Å². The van der Waals surface area contributed by atoms with Gasteiger partial charge in [-0.25, -0.2) is 0 Å². The largest absolute Gasteiger partial charge is 0.343 e. The minimum atomic E-state index is 0.345. The van der Waals surface area contributed by atoms with E-state index in [-0.39, 0.29) is 0 Å². The summed E-state index contributed by atoms with van der Waals surface area (Å²) in [7, 11) is 0. The molecule has 0 radical (unpaired) electrons. The fourth-order valence-corrected chi connectivity index (χ4v) is 0.561. The molecule has 0 saturated heterocycles. The van der Waals surface area contributed by atoms with Crippen molar-refractivity contribution in [2.75, 3.05) is 6.54 Å². The fourth-order valence-electron chi connectivity index (χ4n) is 0.561. The third kappa shape index (κ3) is 9.47. The highest BCUT2D eigenvalue weighted by Gasteiger charge is 1.99. The summed E-state index contributed by atoms with van der Waals surface area (Å²) >= 11 is 0. The van der Waals surface area contributed by atoms with Gasteiger partial charge in [-0.05, 0) is 20.8 Å². The Kier molecular flexibility index (Phi) is 11.3. The number of hydrogen-bond donors (Lipinski definition) is 0. The molecule has 0 heterocycles. The standard InChI is InChI=1S/C6H13NO.C3H8/c1-4-7(5-8)6(2)3;1-3-2/h5-6H,4H2,1-3H3;3H2,1-2H3. The van der Waals surface area contributed by atoms with Crippen LogP contribution in [0.4, 0.5) is 0 Å². The second-order valence-electron chi connectivity index (χ2n) is 2.74. The van der Waals surface area contributed by atoms with E-state index in [0.717, 1.165) is 13.0 Å². The number of hydrogen-bond acceptors (Lipinski definition) is 1. The van der Waals surface area contributed by atoms with E-state index in [2.05, 4.69) is 13.8 Å². The van der Waals surface area contributed by atoms with Crippen molar-refractivity contribution in [2.45, 2.75) is 47.1 Å². The first-order valence-electron chi connectivity index (χ1n) is 4.34. The van der Waals surface area contributed by atoms with Gasteiger partial charge in [0.15, 0.2) is 0 Å². The van der Waals surface area contributed by atoms with E-state index >= 15 is 0 Å². The van der Waals surface area contributed by atoms with Crippen molar-refractivity contribution < 1.29 is 4.79 Å². The molecule has 0 aromatic heterocycles. The second-order valence-corrected chi connectivity index (χ2v) is 2.74. The van der Waals surface area contributed by atoms with Crippen LogP contribution in [0.15, 0.2) is 0 Å². The maximum Gasteiger partial charge on any atom is 0.209 e. The van der Waals surface area contributed by atoms with Gasteiger partial charge in [-0.3, -0.25) is 4.79 Å². The highest BCUT2D eigenvalue weighted by molar-refractivity contribution is 5.47. The molecule has 0 N–H and O–H groups in total. The SMILES string of the molecule is CCC.CCN(C=O)C(C)C. The number of amides is 1. The molecule has 0 rings (SSSR count). The van der Waals surface area contributed by atoms with Crippen molar-refractivity contribution >= 4 is 6.41 Å². The Bertz CT molecular complexity index is 81.6. The van der Waals surface area contributed by atoms with Gasteiger partial charge >= 0.3 is 0 Å². The van der Waals surface area contributed by atoms with Gasteiger partial charge in [-0.15, -0.1) is 0 Å². The lowest BCUT2D eigenvalue weighted by atomic mass is 10.3. The molecule has 0 unspecified atom stereocenters. The second kappa shape index (κ2) is 9.47. The third-order valence-electron chi connectivity index (χ3n) is 1.16. The Hall–Kier alpha value is -0.530. The molecule has 0 spiro atoms. The minimum Gasteiger partial charge on any atom is -0.343 e. The van der Waals surface area contributed by atoms with Crippen LogP contribution in [0.2, 0.25) is 0 Å². The number of carbonyl (C=O) groups is 1. The van der Waals surface area contributed by atoms with Crippen LogP contribution in [0.25, 0.3) is 0 Å². The predicted molar refractivity (Wildman–Crippen MR) is 49.5 cm³/mol. The summed E-state index contributed by atoms with van der Waals surface area (Å²) in [5.74, 6) is 0. The molecule has 0 aliphatic carbocycles. The Morgan fingerprint density at radius 3 is 1.64 bits per heavy atom. The Morgan fingerprint density at radius 2 is 1.64 bits per heavy atom. The summed E-state index contributed by atoms with van der Waals surface area (Å²) in [5.41, 5.74) is 0. The molecular weight excluding hydrogens is 138 g/mol. The van der Waals surface area contributed by atoms with Gasteiger partial charge in [0.2, 0.25) is 6.41 Å².